The first-order valence-electron chi connectivity index (χ1n) is 9.58. The molecule has 4 atom stereocenters. The van der Waals surface area contributed by atoms with Gasteiger partial charge in [-0.1, -0.05) is 30.4 Å². The van der Waals surface area contributed by atoms with Crippen LogP contribution in [-0.2, 0) is 0 Å². The molecule has 0 unspecified atom stereocenters. The molecule has 146 valence electrons. The molecule has 1 aromatic carbocycles. The minimum absolute atomic E-state index is 0.175. The van der Waals surface area contributed by atoms with E-state index < -0.39 is 12.2 Å². The van der Waals surface area contributed by atoms with Crippen LogP contribution in [0.25, 0.3) is 28.0 Å². The van der Waals surface area contributed by atoms with Gasteiger partial charge in [-0.3, -0.25) is 4.98 Å². The number of benzene rings is 1. The molecular formula is C22H21N5O2. The van der Waals surface area contributed by atoms with Gasteiger partial charge in [0.25, 0.3) is 0 Å². The molecule has 1 saturated carbocycles. The van der Waals surface area contributed by atoms with E-state index in [-0.39, 0.29) is 12.0 Å². The summed E-state index contributed by atoms with van der Waals surface area (Å²) in [7, 11) is 0. The van der Waals surface area contributed by atoms with Crippen LogP contribution in [0.2, 0.25) is 0 Å². The molecule has 5 rings (SSSR count). The number of nitrogens with zero attached hydrogens (tertiary/aromatic N) is 4. The third-order valence-corrected chi connectivity index (χ3v) is 5.76. The number of aliphatic hydroxyl groups excluding tert-OH is 2. The molecule has 1 aliphatic carbocycles. The average Bonchev–Trinajstić information content (AvgIpc) is 3.29. The monoisotopic (exact) mass is 387 g/mol. The minimum atomic E-state index is -0.894. The van der Waals surface area contributed by atoms with E-state index in [1.165, 1.54) is 6.33 Å². The highest BCUT2D eigenvalue weighted by atomic mass is 16.3. The Morgan fingerprint density at radius 2 is 1.97 bits per heavy atom. The largest absolute Gasteiger partial charge is 0.390 e. The summed E-state index contributed by atoms with van der Waals surface area (Å²) in [6, 6.07) is 11.6. The second-order valence-electron chi connectivity index (χ2n) is 7.48. The number of rotatable bonds is 3. The molecule has 7 heteroatoms. The van der Waals surface area contributed by atoms with Crippen LogP contribution < -0.4 is 5.73 Å². The standard InChI is InChI=1S/C22H21N5O2/c23-21-16-7-9-27(22(16)26-12-25-21)18-11-15(19(28)20(18)29)6-4-13-3-5-14-2-1-8-24-17(14)10-13/h1-10,12,15,18-20,28-29H,11H2,(H2,23,25,26)/b6-4+/t15-,18+,19+,20-/m0/s1. The normalized spacial score (nSPS) is 24.8. The molecule has 0 saturated heterocycles. The Labute approximate surface area is 167 Å². The average molecular weight is 387 g/mol. The summed E-state index contributed by atoms with van der Waals surface area (Å²) < 4.78 is 1.88. The van der Waals surface area contributed by atoms with Crippen LogP contribution in [0, 0.1) is 5.92 Å². The van der Waals surface area contributed by atoms with Crippen molar-refractivity contribution in [2.24, 2.45) is 5.92 Å². The van der Waals surface area contributed by atoms with Gasteiger partial charge in [0.05, 0.1) is 23.0 Å². The van der Waals surface area contributed by atoms with Gasteiger partial charge in [-0.2, -0.15) is 0 Å². The van der Waals surface area contributed by atoms with Gasteiger partial charge in [-0.15, -0.1) is 0 Å². The summed E-state index contributed by atoms with van der Waals surface area (Å²) in [6.07, 6.45) is 7.82. The van der Waals surface area contributed by atoms with Crippen molar-refractivity contribution < 1.29 is 10.2 Å². The Bertz CT molecular complexity index is 1220. The highest BCUT2D eigenvalue weighted by Crippen LogP contribution is 2.38. The SMILES string of the molecule is Nc1ncnc2c1ccn2[C@@H]1C[C@H](/C=C/c2ccc3cccnc3c2)[C@@H](O)[C@H]1O. The van der Waals surface area contributed by atoms with Gasteiger partial charge in [0.1, 0.15) is 23.9 Å². The van der Waals surface area contributed by atoms with Crippen molar-refractivity contribution in [1.82, 2.24) is 19.5 Å². The lowest BCUT2D eigenvalue weighted by molar-refractivity contribution is 0.0139. The molecule has 0 bridgehead atoms. The molecule has 0 radical (unpaired) electrons. The van der Waals surface area contributed by atoms with E-state index in [4.69, 9.17) is 5.73 Å². The maximum Gasteiger partial charge on any atom is 0.145 e. The zero-order valence-electron chi connectivity index (χ0n) is 15.6. The van der Waals surface area contributed by atoms with Crippen LogP contribution in [0.15, 0.2) is 61.2 Å². The number of nitrogen functional groups attached to an aromatic ring is 1. The minimum Gasteiger partial charge on any atom is -0.390 e. The molecule has 3 aromatic heterocycles. The fourth-order valence-corrected chi connectivity index (χ4v) is 4.19. The van der Waals surface area contributed by atoms with E-state index in [0.717, 1.165) is 21.9 Å². The van der Waals surface area contributed by atoms with Crippen molar-refractivity contribution in [2.45, 2.75) is 24.7 Å². The van der Waals surface area contributed by atoms with Crippen LogP contribution in [-0.4, -0.2) is 41.9 Å². The van der Waals surface area contributed by atoms with Crippen molar-refractivity contribution >= 4 is 33.8 Å². The van der Waals surface area contributed by atoms with Crippen molar-refractivity contribution in [1.29, 1.82) is 0 Å². The highest BCUT2D eigenvalue weighted by Gasteiger charge is 2.41. The Balaban J connectivity index is 1.41. The molecule has 3 heterocycles. The fraction of sp³-hybridized carbons (Fsp3) is 0.227. The van der Waals surface area contributed by atoms with Gasteiger partial charge in [-0.25, -0.2) is 9.97 Å². The molecular weight excluding hydrogens is 366 g/mol. The highest BCUT2D eigenvalue weighted by molar-refractivity contribution is 5.86. The van der Waals surface area contributed by atoms with Gasteiger partial charge in [-0.05, 0) is 30.2 Å². The Hall–Kier alpha value is -3.29. The number of anilines is 1. The summed E-state index contributed by atoms with van der Waals surface area (Å²) in [5, 5.41) is 23.1. The maximum absolute atomic E-state index is 10.7. The van der Waals surface area contributed by atoms with Crippen molar-refractivity contribution in [3.05, 3.63) is 66.8 Å². The molecule has 7 nitrogen and oxygen atoms in total. The zero-order chi connectivity index (χ0) is 20.0. The number of fused-ring (bicyclic) bond motifs is 2. The van der Waals surface area contributed by atoms with E-state index in [9.17, 15) is 10.2 Å². The van der Waals surface area contributed by atoms with E-state index in [1.54, 1.807) is 6.20 Å². The summed E-state index contributed by atoms with van der Waals surface area (Å²) in [6.45, 7) is 0. The topological polar surface area (TPSA) is 110 Å². The molecule has 0 aliphatic heterocycles. The summed E-state index contributed by atoms with van der Waals surface area (Å²) in [4.78, 5) is 12.7. The zero-order valence-corrected chi connectivity index (χ0v) is 15.6. The second-order valence-corrected chi connectivity index (χ2v) is 7.48. The van der Waals surface area contributed by atoms with Crippen molar-refractivity contribution in [3.63, 3.8) is 0 Å². The van der Waals surface area contributed by atoms with Crippen LogP contribution in [0.3, 0.4) is 0 Å². The lowest BCUT2D eigenvalue weighted by atomic mass is 10.0. The molecule has 1 fully saturated rings. The van der Waals surface area contributed by atoms with Crippen LogP contribution in [0.1, 0.15) is 18.0 Å². The Kier molecular flexibility index (Phi) is 4.26. The number of hydrogen-bond donors (Lipinski definition) is 3. The lowest BCUT2D eigenvalue weighted by Gasteiger charge is -2.18. The van der Waals surface area contributed by atoms with Gasteiger partial charge in [0, 0.05) is 23.7 Å². The first-order chi connectivity index (χ1) is 14.1. The molecule has 4 aromatic rings. The third-order valence-electron chi connectivity index (χ3n) is 5.76. The van der Waals surface area contributed by atoms with E-state index in [1.807, 2.05) is 59.3 Å². The first-order valence-corrected chi connectivity index (χ1v) is 9.58. The summed E-state index contributed by atoms with van der Waals surface area (Å²) >= 11 is 0. The van der Waals surface area contributed by atoms with Crippen LogP contribution in [0.5, 0.6) is 0 Å². The molecule has 4 N–H and O–H groups in total. The van der Waals surface area contributed by atoms with Gasteiger partial charge in [0.2, 0.25) is 0 Å². The number of aliphatic hydroxyl groups is 2. The molecule has 1 aliphatic rings. The van der Waals surface area contributed by atoms with Gasteiger partial charge >= 0.3 is 0 Å². The quantitative estimate of drug-likeness (QED) is 0.498. The fourth-order valence-electron chi connectivity index (χ4n) is 4.19. The summed E-state index contributed by atoms with van der Waals surface area (Å²) in [5.74, 6) is 0.231. The number of nitrogens with two attached hydrogens (primary N) is 1. The van der Waals surface area contributed by atoms with Crippen molar-refractivity contribution in [3.8, 4) is 0 Å². The smallest absolute Gasteiger partial charge is 0.145 e. The predicted molar refractivity (Wildman–Crippen MR) is 112 cm³/mol. The van der Waals surface area contributed by atoms with E-state index in [0.29, 0.717) is 17.9 Å². The number of pyridine rings is 1. The van der Waals surface area contributed by atoms with Crippen molar-refractivity contribution in [2.75, 3.05) is 5.73 Å². The molecule has 0 spiro atoms. The predicted octanol–water partition coefficient (Wildman–Crippen LogP) is 2.56. The maximum atomic E-state index is 10.7. The van der Waals surface area contributed by atoms with Gasteiger partial charge < -0.3 is 20.5 Å². The first kappa shape index (κ1) is 17.8. The third kappa shape index (κ3) is 3.04. The van der Waals surface area contributed by atoms with Crippen LogP contribution in [0.4, 0.5) is 5.82 Å². The Morgan fingerprint density at radius 1 is 1.07 bits per heavy atom. The van der Waals surface area contributed by atoms with E-state index in [2.05, 4.69) is 15.0 Å². The molecule has 0 amide bonds. The van der Waals surface area contributed by atoms with E-state index >= 15 is 0 Å². The Morgan fingerprint density at radius 3 is 2.86 bits per heavy atom. The number of aromatic nitrogens is 4. The molecule has 29 heavy (non-hydrogen) atoms. The summed E-state index contributed by atoms with van der Waals surface area (Å²) in [5.41, 5.74) is 8.52. The lowest BCUT2D eigenvalue weighted by Crippen LogP contribution is -2.29. The van der Waals surface area contributed by atoms with Gasteiger partial charge in [0.15, 0.2) is 0 Å². The van der Waals surface area contributed by atoms with Crippen LogP contribution >= 0.6 is 0 Å². The number of hydrogen-bond acceptors (Lipinski definition) is 6. The second kappa shape index (κ2) is 6.95.